The largest absolute Gasteiger partial charge is 0.474 e. The van der Waals surface area contributed by atoms with E-state index in [0.717, 1.165) is 18.3 Å². The highest BCUT2D eigenvalue weighted by Crippen LogP contribution is 2.25. The number of rotatable bonds is 1. The maximum atomic E-state index is 11.4. The third-order valence-corrected chi connectivity index (χ3v) is 4.36. The standard InChI is InChI=1S/C16H24O2Si2/c1-19(2,3)11-8-15-7-9-16(14-17,18-13-15)10-12-20(4,5)6/h13-14H,7,9H2,1-6H3. The van der Waals surface area contributed by atoms with Gasteiger partial charge in [-0.3, -0.25) is 4.79 Å². The molecule has 108 valence electrons. The molecule has 0 saturated carbocycles. The summed E-state index contributed by atoms with van der Waals surface area (Å²) in [5.41, 5.74) is 6.56. The fourth-order valence-electron chi connectivity index (χ4n) is 1.48. The Hall–Kier alpha value is -1.24. The molecule has 0 N–H and O–H groups in total. The normalized spacial score (nSPS) is 22.4. The van der Waals surface area contributed by atoms with E-state index in [9.17, 15) is 4.79 Å². The second kappa shape index (κ2) is 6.03. The molecule has 0 fully saturated rings. The van der Waals surface area contributed by atoms with Crippen molar-refractivity contribution in [1.29, 1.82) is 0 Å². The van der Waals surface area contributed by atoms with Gasteiger partial charge in [0, 0.05) is 12.0 Å². The predicted octanol–water partition coefficient (Wildman–Crippen LogP) is 3.38. The van der Waals surface area contributed by atoms with Crippen molar-refractivity contribution in [3.63, 3.8) is 0 Å². The Morgan fingerprint density at radius 3 is 2.15 bits per heavy atom. The summed E-state index contributed by atoms with van der Waals surface area (Å²) >= 11 is 0. The van der Waals surface area contributed by atoms with Gasteiger partial charge in [0.05, 0.1) is 6.26 Å². The van der Waals surface area contributed by atoms with Gasteiger partial charge in [0.15, 0.2) is 6.29 Å². The first kappa shape index (κ1) is 16.8. The number of hydrogen-bond donors (Lipinski definition) is 0. The molecule has 0 saturated heterocycles. The molecule has 2 nitrogen and oxygen atoms in total. The highest BCUT2D eigenvalue weighted by molar-refractivity contribution is 6.84. The number of aldehydes is 1. The quantitative estimate of drug-likeness (QED) is 0.422. The number of carbonyl (C=O) groups excluding carboxylic acids is 1. The topological polar surface area (TPSA) is 26.3 Å². The van der Waals surface area contributed by atoms with Crippen LogP contribution in [0.2, 0.25) is 39.3 Å². The molecule has 1 aliphatic rings. The predicted molar refractivity (Wildman–Crippen MR) is 89.4 cm³/mol. The molecule has 1 unspecified atom stereocenters. The monoisotopic (exact) mass is 304 g/mol. The summed E-state index contributed by atoms with van der Waals surface area (Å²) in [6, 6.07) is 0. The molecule has 0 aliphatic carbocycles. The summed E-state index contributed by atoms with van der Waals surface area (Å²) < 4.78 is 5.62. The fourth-order valence-corrected chi connectivity index (χ4v) is 2.60. The molecular formula is C16H24O2Si2. The summed E-state index contributed by atoms with van der Waals surface area (Å²) in [5, 5.41) is 0. The third-order valence-electron chi connectivity index (χ3n) is 2.61. The van der Waals surface area contributed by atoms with E-state index in [1.165, 1.54) is 0 Å². The minimum Gasteiger partial charge on any atom is -0.474 e. The summed E-state index contributed by atoms with van der Waals surface area (Å²) in [7, 11) is -2.88. The van der Waals surface area contributed by atoms with Crippen molar-refractivity contribution < 1.29 is 9.53 Å². The number of allylic oxidation sites excluding steroid dienone is 1. The zero-order valence-corrected chi connectivity index (χ0v) is 15.4. The van der Waals surface area contributed by atoms with Gasteiger partial charge < -0.3 is 4.74 Å². The minimum atomic E-state index is -1.50. The van der Waals surface area contributed by atoms with Crippen LogP contribution in [-0.2, 0) is 9.53 Å². The van der Waals surface area contributed by atoms with Crippen molar-refractivity contribution in [2.75, 3.05) is 0 Å². The van der Waals surface area contributed by atoms with E-state index >= 15 is 0 Å². The molecule has 0 amide bonds. The SMILES string of the molecule is C[Si](C)(C)C#CC1=COC(C#C[Si](C)(C)C)(C=O)CC1. The molecule has 20 heavy (non-hydrogen) atoms. The fraction of sp³-hybridized carbons (Fsp3) is 0.562. The van der Waals surface area contributed by atoms with E-state index < -0.39 is 21.7 Å². The zero-order chi connectivity index (χ0) is 15.4. The van der Waals surface area contributed by atoms with Crippen LogP contribution in [0.3, 0.4) is 0 Å². The van der Waals surface area contributed by atoms with E-state index in [1.807, 2.05) is 0 Å². The Morgan fingerprint density at radius 2 is 1.75 bits per heavy atom. The molecule has 0 aromatic carbocycles. The third kappa shape index (κ3) is 5.82. The number of carbonyl (C=O) groups is 1. The Kier molecular flexibility index (Phi) is 5.07. The molecule has 0 aromatic heterocycles. The molecular weight excluding hydrogens is 280 g/mol. The van der Waals surface area contributed by atoms with Crippen LogP contribution in [0.4, 0.5) is 0 Å². The van der Waals surface area contributed by atoms with Gasteiger partial charge in [0.1, 0.15) is 16.1 Å². The van der Waals surface area contributed by atoms with Gasteiger partial charge in [0.2, 0.25) is 5.60 Å². The van der Waals surface area contributed by atoms with Crippen LogP contribution in [-0.4, -0.2) is 28.0 Å². The lowest BCUT2D eigenvalue weighted by molar-refractivity contribution is -0.120. The average molecular weight is 305 g/mol. The lowest BCUT2D eigenvalue weighted by Gasteiger charge is -2.26. The van der Waals surface area contributed by atoms with Crippen LogP contribution in [0.15, 0.2) is 11.8 Å². The van der Waals surface area contributed by atoms with Crippen LogP contribution in [0.5, 0.6) is 0 Å². The summed E-state index contributed by atoms with van der Waals surface area (Å²) in [4.78, 5) is 11.4. The molecule has 0 bridgehead atoms. The second-order valence-corrected chi connectivity index (χ2v) is 16.8. The molecule has 1 heterocycles. The lowest BCUT2D eigenvalue weighted by Crippen LogP contribution is -2.34. The van der Waals surface area contributed by atoms with Crippen molar-refractivity contribution in [2.24, 2.45) is 0 Å². The van der Waals surface area contributed by atoms with Crippen molar-refractivity contribution in [1.82, 2.24) is 0 Å². The summed E-state index contributed by atoms with van der Waals surface area (Å²) in [5.74, 6) is 6.24. The van der Waals surface area contributed by atoms with E-state index in [2.05, 4.69) is 62.2 Å². The van der Waals surface area contributed by atoms with Gasteiger partial charge in [-0.25, -0.2) is 0 Å². The minimum absolute atomic E-state index is 0.597. The lowest BCUT2D eigenvalue weighted by atomic mass is 9.95. The zero-order valence-electron chi connectivity index (χ0n) is 13.4. The molecule has 1 atom stereocenters. The van der Waals surface area contributed by atoms with E-state index in [4.69, 9.17) is 4.74 Å². The number of ether oxygens (including phenoxy) is 1. The Morgan fingerprint density at radius 1 is 1.15 bits per heavy atom. The van der Waals surface area contributed by atoms with Crippen LogP contribution in [0, 0.1) is 22.9 Å². The van der Waals surface area contributed by atoms with Crippen LogP contribution < -0.4 is 0 Å². The Balaban J connectivity index is 2.88. The smallest absolute Gasteiger partial charge is 0.223 e. The summed E-state index contributed by atoms with van der Waals surface area (Å²) in [6.07, 6.45) is 3.82. The van der Waals surface area contributed by atoms with Crippen molar-refractivity contribution >= 4 is 22.4 Å². The first-order valence-corrected chi connectivity index (χ1v) is 14.0. The first-order chi connectivity index (χ1) is 9.05. The van der Waals surface area contributed by atoms with Gasteiger partial charge in [-0.05, 0) is 6.42 Å². The van der Waals surface area contributed by atoms with E-state index in [1.54, 1.807) is 6.26 Å². The maximum Gasteiger partial charge on any atom is 0.223 e. The van der Waals surface area contributed by atoms with Crippen molar-refractivity contribution in [3.8, 4) is 22.9 Å². The molecule has 0 aromatic rings. The van der Waals surface area contributed by atoms with Gasteiger partial charge in [-0.1, -0.05) is 51.1 Å². The van der Waals surface area contributed by atoms with Crippen LogP contribution in [0.25, 0.3) is 0 Å². The first-order valence-electron chi connectivity index (χ1n) is 6.96. The highest BCUT2D eigenvalue weighted by Gasteiger charge is 2.32. The number of hydrogen-bond acceptors (Lipinski definition) is 2. The molecule has 0 spiro atoms. The Labute approximate surface area is 125 Å². The van der Waals surface area contributed by atoms with Crippen LogP contribution in [0.1, 0.15) is 12.8 Å². The van der Waals surface area contributed by atoms with Crippen molar-refractivity contribution in [3.05, 3.63) is 11.8 Å². The van der Waals surface area contributed by atoms with E-state index in [0.29, 0.717) is 6.42 Å². The molecule has 1 rings (SSSR count). The van der Waals surface area contributed by atoms with Gasteiger partial charge >= 0.3 is 0 Å². The van der Waals surface area contributed by atoms with Crippen molar-refractivity contribution in [2.45, 2.75) is 57.7 Å². The Bertz CT molecular complexity index is 527. The maximum absolute atomic E-state index is 11.4. The average Bonchev–Trinajstić information content (AvgIpc) is 2.33. The summed E-state index contributed by atoms with van der Waals surface area (Å²) in [6.45, 7) is 13.1. The van der Waals surface area contributed by atoms with E-state index in [-0.39, 0.29) is 0 Å². The van der Waals surface area contributed by atoms with Gasteiger partial charge in [-0.2, -0.15) is 0 Å². The highest BCUT2D eigenvalue weighted by atomic mass is 28.3. The van der Waals surface area contributed by atoms with Gasteiger partial charge in [0.25, 0.3) is 0 Å². The molecule has 1 aliphatic heterocycles. The van der Waals surface area contributed by atoms with Crippen LogP contribution >= 0.6 is 0 Å². The van der Waals surface area contributed by atoms with Gasteiger partial charge in [-0.15, -0.1) is 11.1 Å². The molecule has 4 heteroatoms. The second-order valence-electron chi connectivity index (χ2n) is 7.27. The molecule has 0 radical (unpaired) electrons.